The zero-order valence-electron chi connectivity index (χ0n) is 17.9. The Balaban J connectivity index is 1.53. The molecule has 1 N–H and O–H groups in total. The number of hydrogen-bond donors (Lipinski definition) is 1. The molecule has 32 heavy (non-hydrogen) atoms. The number of hydrogen-bond acceptors (Lipinski definition) is 6. The lowest BCUT2D eigenvalue weighted by molar-refractivity contribution is -0.120. The first-order valence-corrected chi connectivity index (χ1v) is 11.8. The van der Waals surface area contributed by atoms with Crippen LogP contribution in [0.2, 0.25) is 0 Å². The van der Waals surface area contributed by atoms with Gasteiger partial charge in [-0.1, -0.05) is 17.3 Å². The van der Waals surface area contributed by atoms with Gasteiger partial charge in [-0.05, 0) is 68.7 Å². The Bertz CT molecular complexity index is 1230. The average Bonchev–Trinajstić information content (AvgIpc) is 3.42. The highest BCUT2D eigenvalue weighted by molar-refractivity contribution is 7.89. The Labute approximate surface area is 186 Å². The van der Waals surface area contributed by atoms with E-state index in [9.17, 15) is 13.2 Å². The van der Waals surface area contributed by atoms with E-state index in [0.29, 0.717) is 30.8 Å². The van der Waals surface area contributed by atoms with Gasteiger partial charge in [0.05, 0.1) is 12.2 Å². The number of nitrogens with one attached hydrogen (secondary N) is 1. The minimum atomic E-state index is -3.90. The Morgan fingerprint density at radius 1 is 1.22 bits per heavy atom. The van der Waals surface area contributed by atoms with Crippen LogP contribution in [0.3, 0.4) is 0 Å². The summed E-state index contributed by atoms with van der Waals surface area (Å²) < 4.78 is 38.8. The van der Waals surface area contributed by atoms with Crippen molar-refractivity contribution in [2.75, 3.05) is 18.4 Å². The molecule has 0 radical (unpaired) electrons. The first kappa shape index (κ1) is 22.0. The van der Waals surface area contributed by atoms with Crippen molar-refractivity contribution in [2.45, 2.75) is 31.6 Å². The van der Waals surface area contributed by atoms with Crippen LogP contribution >= 0.6 is 0 Å². The van der Waals surface area contributed by atoms with Crippen LogP contribution in [-0.4, -0.2) is 36.9 Å². The van der Waals surface area contributed by atoms with Crippen LogP contribution in [0.15, 0.2) is 56.5 Å². The molecule has 1 fully saturated rings. The first-order chi connectivity index (χ1) is 15.3. The number of aryl methyl sites for hydroxylation is 2. The van der Waals surface area contributed by atoms with E-state index in [0.717, 1.165) is 5.56 Å². The van der Waals surface area contributed by atoms with Crippen LogP contribution in [0.5, 0.6) is 0 Å². The van der Waals surface area contributed by atoms with E-state index in [1.807, 2.05) is 31.2 Å². The Hall–Kier alpha value is -3.17. The van der Waals surface area contributed by atoms with Gasteiger partial charge in [0.1, 0.15) is 11.5 Å². The largest absolute Gasteiger partial charge is 0.465 e. The molecule has 0 spiro atoms. The van der Waals surface area contributed by atoms with E-state index in [1.165, 1.54) is 16.6 Å². The maximum absolute atomic E-state index is 13.5. The van der Waals surface area contributed by atoms with Crippen molar-refractivity contribution < 1.29 is 22.2 Å². The molecular weight excluding hydrogens is 430 g/mol. The molecule has 2 aromatic heterocycles. The van der Waals surface area contributed by atoms with E-state index < -0.39 is 15.9 Å². The Morgan fingerprint density at radius 3 is 2.81 bits per heavy atom. The Kier molecular flexibility index (Phi) is 6.29. The lowest BCUT2D eigenvalue weighted by Crippen LogP contribution is -2.43. The summed E-state index contributed by atoms with van der Waals surface area (Å²) in [5.74, 6) is 0.0651. The third-order valence-electron chi connectivity index (χ3n) is 5.41. The van der Waals surface area contributed by atoms with E-state index in [1.54, 1.807) is 25.1 Å². The van der Waals surface area contributed by atoms with Crippen molar-refractivity contribution in [2.24, 2.45) is 5.92 Å². The molecule has 8 nitrogen and oxygen atoms in total. The van der Waals surface area contributed by atoms with Crippen LogP contribution < -0.4 is 5.32 Å². The van der Waals surface area contributed by atoms with Gasteiger partial charge in [0.25, 0.3) is 0 Å². The van der Waals surface area contributed by atoms with Crippen LogP contribution in [0.25, 0.3) is 12.2 Å². The number of amides is 1. The van der Waals surface area contributed by atoms with Gasteiger partial charge in [-0.3, -0.25) is 4.79 Å². The zero-order valence-corrected chi connectivity index (χ0v) is 18.8. The Morgan fingerprint density at radius 2 is 2.06 bits per heavy atom. The summed E-state index contributed by atoms with van der Waals surface area (Å²) in [7, 11) is -3.90. The maximum atomic E-state index is 13.5. The van der Waals surface area contributed by atoms with Crippen LogP contribution in [-0.2, 0) is 14.8 Å². The predicted octanol–water partition coefficient (Wildman–Crippen LogP) is 4.09. The van der Waals surface area contributed by atoms with Crippen molar-refractivity contribution in [3.63, 3.8) is 0 Å². The van der Waals surface area contributed by atoms with E-state index in [-0.39, 0.29) is 28.8 Å². The molecule has 1 atom stereocenters. The van der Waals surface area contributed by atoms with Crippen molar-refractivity contribution >= 4 is 33.8 Å². The second-order valence-corrected chi connectivity index (χ2v) is 9.75. The van der Waals surface area contributed by atoms with Gasteiger partial charge >= 0.3 is 0 Å². The number of sulfonamides is 1. The standard InChI is InChI=1S/C23H25N3O5S/c1-16-6-3-8-19(14-16)24-23(27)18-7-4-12-26(15-18)32(28,29)22-17(2)25-31-21(22)11-10-20-9-5-13-30-20/h3,5-6,8-11,13-14,18H,4,7,12,15H2,1-2H3,(H,24,27)/b11-10+/t18-/m0/s1. The number of carbonyl (C=O) groups excluding carboxylic acids is 1. The quantitative estimate of drug-likeness (QED) is 0.600. The molecule has 168 valence electrons. The van der Waals surface area contributed by atoms with Gasteiger partial charge in [-0.15, -0.1) is 0 Å². The number of anilines is 1. The van der Waals surface area contributed by atoms with Crippen molar-refractivity contribution in [3.05, 3.63) is 65.4 Å². The van der Waals surface area contributed by atoms with Gasteiger partial charge in [0, 0.05) is 18.8 Å². The molecule has 1 aromatic carbocycles. The second kappa shape index (κ2) is 9.13. The zero-order chi connectivity index (χ0) is 22.7. The van der Waals surface area contributed by atoms with Crippen molar-refractivity contribution in [1.29, 1.82) is 0 Å². The first-order valence-electron chi connectivity index (χ1n) is 10.4. The summed E-state index contributed by atoms with van der Waals surface area (Å²) in [6.07, 6.45) is 5.88. The minimum absolute atomic E-state index is 0.0139. The van der Waals surface area contributed by atoms with E-state index >= 15 is 0 Å². The van der Waals surface area contributed by atoms with Crippen LogP contribution in [0.4, 0.5) is 5.69 Å². The summed E-state index contributed by atoms with van der Waals surface area (Å²) >= 11 is 0. The second-order valence-electron chi connectivity index (χ2n) is 7.87. The van der Waals surface area contributed by atoms with Gasteiger partial charge < -0.3 is 14.3 Å². The topological polar surface area (TPSA) is 106 Å². The summed E-state index contributed by atoms with van der Waals surface area (Å²) in [6.45, 7) is 3.98. The van der Waals surface area contributed by atoms with Crippen molar-refractivity contribution in [1.82, 2.24) is 9.46 Å². The number of rotatable bonds is 6. The average molecular weight is 456 g/mol. The molecule has 3 aromatic rings. The van der Waals surface area contributed by atoms with Crippen LogP contribution in [0.1, 0.15) is 35.6 Å². The van der Waals surface area contributed by atoms with Crippen molar-refractivity contribution in [3.8, 4) is 0 Å². The third kappa shape index (κ3) is 4.68. The fraction of sp³-hybridized carbons (Fsp3) is 0.304. The summed E-state index contributed by atoms with van der Waals surface area (Å²) in [5, 5.41) is 6.76. The molecule has 0 bridgehead atoms. The third-order valence-corrected chi connectivity index (χ3v) is 7.44. The molecule has 0 aliphatic carbocycles. The molecule has 0 saturated carbocycles. The predicted molar refractivity (Wildman–Crippen MR) is 120 cm³/mol. The monoisotopic (exact) mass is 455 g/mol. The highest BCUT2D eigenvalue weighted by Gasteiger charge is 2.37. The van der Waals surface area contributed by atoms with Crippen LogP contribution in [0, 0.1) is 19.8 Å². The highest BCUT2D eigenvalue weighted by atomic mass is 32.2. The number of piperidine rings is 1. The smallest absolute Gasteiger partial charge is 0.248 e. The van der Waals surface area contributed by atoms with E-state index in [4.69, 9.17) is 8.94 Å². The molecule has 0 unspecified atom stereocenters. The molecule has 1 amide bonds. The number of aromatic nitrogens is 1. The SMILES string of the molecule is Cc1cccc(NC(=O)[C@H]2CCCN(S(=O)(=O)c3c(C)noc3/C=C/c3ccco3)C2)c1. The maximum Gasteiger partial charge on any atom is 0.248 e. The molecule has 3 heterocycles. The lowest BCUT2D eigenvalue weighted by Gasteiger charge is -2.31. The fourth-order valence-electron chi connectivity index (χ4n) is 3.81. The lowest BCUT2D eigenvalue weighted by atomic mass is 9.98. The number of nitrogens with zero attached hydrogens (tertiary/aromatic N) is 2. The normalized spacial score (nSPS) is 17.6. The molecule has 9 heteroatoms. The molecule has 4 rings (SSSR count). The molecule has 1 saturated heterocycles. The minimum Gasteiger partial charge on any atom is -0.465 e. The summed E-state index contributed by atoms with van der Waals surface area (Å²) in [4.78, 5) is 12.8. The number of carbonyl (C=O) groups is 1. The molecular formula is C23H25N3O5S. The summed E-state index contributed by atoms with van der Waals surface area (Å²) in [5.41, 5.74) is 2.01. The highest BCUT2D eigenvalue weighted by Crippen LogP contribution is 2.29. The van der Waals surface area contributed by atoms with Gasteiger partial charge in [0.2, 0.25) is 15.9 Å². The fourth-order valence-corrected chi connectivity index (χ4v) is 5.59. The molecule has 1 aliphatic heterocycles. The van der Waals surface area contributed by atoms with Gasteiger partial charge in [-0.25, -0.2) is 8.42 Å². The summed E-state index contributed by atoms with van der Waals surface area (Å²) in [6, 6.07) is 11.0. The number of benzene rings is 1. The number of furan rings is 1. The van der Waals surface area contributed by atoms with Gasteiger partial charge in [-0.2, -0.15) is 4.31 Å². The molecule has 1 aliphatic rings. The van der Waals surface area contributed by atoms with Gasteiger partial charge in [0.15, 0.2) is 10.7 Å². The van der Waals surface area contributed by atoms with E-state index in [2.05, 4.69) is 10.5 Å².